The van der Waals surface area contributed by atoms with Crippen molar-refractivity contribution < 1.29 is 8.42 Å². The number of nitrogens with one attached hydrogen (secondary N) is 1. The van der Waals surface area contributed by atoms with Crippen LogP contribution >= 0.6 is 12.2 Å². The molecule has 0 spiro atoms. The van der Waals surface area contributed by atoms with E-state index in [1.807, 2.05) is 0 Å². The van der Waals surface area contributed by atoms with Crippen molar-refractivity contribution in [2.45, 2.75) is 19.8 Å². The summed E-state index contributed by atoms with van der Waals surface area (Å²) >= 11 is 5.10. The molecule has 0 aliphatic heterocycles. The maximum atomic E-state index is 10.9. The highest BCUT2D eigenvalue weighted by Crippen LogP contribution is 1.90. The van der Waals surface area contributed by atoms with Crippen molar-refractivity contribution in [2.24, 2.45) is 0 Å². The van der Waals surface area contributed by atoms with Gasteiger partial charge >= 0.3 is 0 Å². The van der Waals surface area contributed by atoms with Crippen LogP contribution in [0.2, 0.25) is 0 Å². The largest absolute Gasteiger partial charge is 0.363 e. The second-order valence-electron chi connectivity index (χ2n) is 3.64. The third-order valence-electron chi connectivity index (χ3n) is 1.95. The van der Waals surface area contributed by atoms with Crippen molar-refractivity contribution in [3.8, 4) is 0 Å². The van der Waals surface area contributed by atoms with Crippen LogP contribution in [-0.2, 0) is 9.84 Å². The van der Waals surface area contributed by atoms with E-state index in [0.29, 0.717) is 11.7 Å². The lowest BCUT2D eigenvalue weighted by molar-refractivity contribution is 0.513. The molecule has 0 aromatic heterocycles. The van der Waals surface area contributed by atoms with Gasteiger partial charge < -0.3 is 10.2 Å². The zero-order chi connectivity index (χ0) is 11.9. The minimum atomic E-state index is -2.91. The van der Waals surface area contributed by atoms with E-state index in [4.69, 9.17) is 12.2 Å². The van der Waals surface area contributed by atoms with Crippen molar-refractivity contribution in [1.29, 1.82) is 0 Å². The molecule has 6 heteroatoms. The lowest BCUT2D eigenvalue weighted by Crippen LogP contribution is -2.39. The number of hydrogen-bond donors (Lipinski definition) is 1. The molecule has 0 unspecified atom stereocenters. The highest BCUT2D eigenvalue weighted by atomic mass is 32.2. The minimum absolute atomic E-state index is 0.138. The van der Waals surface area contributed by atoms with Gasteiger partial charge in [-0.05, 0) is 18.6 Å². The van der Waals surface area contributed by atoms with Crippen LogP contribution < -0.4 is 5.32 Å². The van der Waals surface area contributed by atoms with E-state index in [-0.39, 0.29) is 5.75 Å². The first kappa shape index (κ1) is 14.6. The van der Waals surface area contributed by atoms with Gasteiger partial charge in [-0.3, -0.25) is 0 Å². The summed E-state index contributed by atoms with van der Waals surface area (Å²) in [7, 11) is -1.11. The highest BCUT2D eigenvalue weighted by Gasteiger charge is 2.07. The van der Waals surface area contributed by atoms with Gasteiger partial charge in [0.15, 0.2) is 5.11 Å². The molecule has 0 aliphatic rings. The molecule has 0 saturated heterocycles. The van der Waals surface area contributed by atoms with Gasteiger partial charge in [0.1, 0.15) is 9.84 Å². The standard InChI is InChI=1S/C9H20N2O2S2/c1-4-5-6-10-9(14)11(2)7-8-15(3,12)13/h4-8H2,1-3H3,(H,10,14). The highest BCUT2D eigenvalue weighted by molar-refractivity contribution is 7.90. The molecular formula is C9H20N2O2S2. The molecule has 0 heterocycles. The smallest absolute Gasteiger partial charge is 0.168 e. The van der Waals surface area contributed by atoms with Crippen molar-refractivity contribution in [3.63, 3.8) is 0 Å². The Morgan fingerprint density at radius 2 is 2.07 bits per heavy atom. The maximum absolute atomic E-state index is 10.9. The summed E-state index contributed by atoms with van der Waals surface area (Å²) in [6.45, 7) is 3.40. The Kier molecular flexibility index (Phi) is 6.84. The molecule has 0 aromatic rings. The predicted molar refractivity (Wildman–Crippen MR) is 67.8 cm³/mol. The van der Waals surface area contributed by atoms with Gasteiger partial charge in [0.05, 0.1) is 5.75 Å². The minimum Gasteiger partial charge on any atom is -0.363 e. The summed E-state index contributed by atoms with van der Waals surface area (Å²) in [5.41, 5.74) is 0. The van der Waals surface area contributed by atoms with Gasteiger partial charge in [-0.1, -0.05) is 13.3 Å². The second kappa shape index (κ2) is 7.00. The first-order chi connectivity index (χ1) is 6.87. The van der Waals surface area contributed by atoms with Crippen LogP contribution in [0.15, 0.2) is 0 Å². The van der Waals surface area contributed by atoms with Crippen LogP contribution in [-0.4, -0.2) is 50.6 Å². The average Bonchev–Trinajstić information content (AvgIpc) is 2.13. The molecule has 1 N–H and O–H groups in total. The second-order valence-corrected chi connectivity index (χ2v) is 6.28. The fourth-order valence-electron chi connectivity index (χ4n) is 0.911. The molecule has 0 fully saturated rings. The lowest BCUT2D eigenvalue weighted by Gasteiger charge is -2.20. The van der Waals surface area contributed by atoms with Crippen LogP contribution in [0.3, 0.4) is 0 Å². The average molecular weight is 252 g/mol. The lowest BCUT2D eigenvalue weighted by atomic mass is 10.3. The fourth-order valence-corrected chi connectivity index (χ4v) is 1.71. The number of nitrogens with zero attached hydrogens (tertiary/aromatic N) is 1. The fraction of sp³-hybridized carbons (Fsp3) is 0.889. The monoisotopic (exact) mass is 252 g/mol. The van der Waals surface area contributed by atoms with E-state index in [9.17, 15) is 8.42 Å². The predicted octanol–water partition coefficient (Wildman–Crippen LogP) is 0.637. The van der Waals surface area contributed by atoms with E-state index in [2.05, 4.69) is 12.2 Å². The molecule has 0 aliphatic carbocycles. The Bertz CT molecular complexity index is 288. The molecule has 4 nitrogen and oxygen atoms in total. The number of sulfone groups is 1. The van der Waals surface area contributed by atoms with Crippen molar-refractivity contribution >= 4 is 27.2 Å². The molecule has 0 amide bonds. The molecule has 90 valence electrons. The zero-order valence-corrected chi connectivity index (χ0v) is 11.2. The summed E-state index contributed by atoms with van der Waals surface area (Å²) in [5.74, 6) is 0.138. The van der Waals surface area contributed by atoms with Crippen molar-refractivity contribution in [3.05, 3.63) is 0 Å². The van der Waals surface area contributed by atoms with E-state index < -0.39 is 9.84 Å². The molecule has 0 radical (unpaired) electrons. The zero-order valence-electron chi connectivity index (χ0n) is 9.62. The molecule has 0 atom stereocenters. The first-order valence-corrected chi connectivity index (χ1v) is 7.50. The molecule has 0 rings (SSSR count). The van der Waals surface area contributed by atoms with E-state index >= 15 is 0 Å². The molecule has 0 bridgehead atoms. The quantitative estimate of drug-likeness (QED) is 0.555. The number of thiocarbonyl (C=S) groups is 1. The van der Waals surface area contributed by atoms with Crippen LogP contribution in [0.1, 0.15) is 19.8 Å². The summed E-state index contributed by atoms with van der Waals surface area (Å²) < 4.78 is 21.9. The summed E-state index contributed by atoms with van der Waals surface area (Å²) in [6, 6.07) is 0. The number of hydrogen-bond acceptors (Lipinski definition) is 3. The van der Waals surface area contributed by atoms with E-state index in [0.717, 1.165) is 19.4 Å². The Morgan fingerprint density at radius 3 is 2.53 bits per heavy atom. The van der Waals surface area contributed by atoms with Gasteiger partial charge in [0.25, 0.3) is 0 Å². The topological polar surface area (TPSA) is 49.4 Å². The van der Waals surface area contributed by atoms with Crippen LogP contribution in [0.5, 0.6) is 0 Å². The SMILES string of the molecule is CCCCNC(=S)N(C)CCS(C)(=O)=O. The maximum Gasteiger partial charge on any atom is 0.168 e. The van der Waals surface area contributed by atoms with Crippen LogP contribution in [0.4, 0.5) is 0 Å². The Morgan fingerprint density at radius 1 is 1.47 bits per heavy atom. The number of rotatable bonds is 6. The third kappa shape index (κ3) is 8.62. The van der Waals surface area contributed by atoms with Gasteiger partial charge in [-0.25, -0.2) is 8.42 Å². The molecule has 0 saturated carbocycles. The van der Waals surface area contributed by atoms with Gasteiger partial charge in [-0.2, -0.15) is 0 Å². The molecule has 0 aromatic carbocycles. The van der Waals surface area contributed by atoms with Crippen LogP contribution in [0.25, 0.3) is 0 Å². The van der Waals surface area contributed by atoms with Gasteiger partial charge in [-0.15, -0.1) is 0 Å². The summed E-state index contributed by atoms with van der Waals surface area (Å²) in [6.07, 6.45) is 3.41. The summed E-state index contributed by atoms with van der Waals surface area (Å²) in [4.78, 5) is 1.76. The van der Waals surface area contributed by atoms with Crippen molar-refractivity contribution in [1.82, 2.24) is 10.2 Å². The Labute approximate surface area is 98.0 Å². The molecular weight excluding hydrogens is 232 g/mol. The summed E-state index contributed by atoms with van der Waals surface area (Å²) in [5, 5.41) is 3.70. The van der Waals surface area contributed by atoms with Crippen LogP contribution in [0, 0.1) is 0 Å². The Hall–Kier alpha value is -0.360. The first-order valence-electron chi connectivity index (χ1n) is 5.03. The van der Waals surface area contributed by atoms with E-state index in [1.54, 1.807) is 11.9 Å². The van der Waals surface area contributed by atoms with Gasteiger partial charge in [0, 0.05) is 26.4 Å². The Balaban J connectivity index is 3.79. The normalized spacial score (nSPS) is 11.1. The molecule has 15 heavy (non-hydrogen) atoms. The van der Waals surface area contributed by atoms with Gasteiger partial charge in [0.2, 0.25) is 0 Å². The van der Waals surface area contributed by atoms with E-state index in [1.165, 1.54) is 6.26 Å². The number of unbranched alkanes of at least 4 members (excludes halogenated alkanes) is 1. The third-order valence-corrected chi connectivity index (χ3v) is 3.33. The van der Waals surface area contributed by atoms with Crippen molar-refractivity contribution in [2.75, 3.05) is 32.1 Å².